The zero-order valence-electron chi connectivity index (χ0n) is 20.5. The van der Waals surface area contributed by atoms with Gasteiger partial charge in [0.15, 0.2) is 0 Å². The molecule has 1 saturated carbocycles. The maximum Gasteiger partial charge on any atom is 0.458 e. The van der Waals surface area contributed by atoms with E-state index in [1.165, 1.54) is 24.1 Å². The Bertz CT molecular complexity index is 1430. The van der Waals surface area contributed by atoms with Gasteiger partial charge in [-0.2, -0.15) is 13.2 Å². The minimum atomic E-state index is -4.92. The van der Waals surface area contributed by atoms with E-state index in [4.69, 9.17) is 0 Å². The van der Waals surface area contributed by atoms with Crippen molar-refractivity contribution in [1.29, 1.82) is 0 Å². The highest BCUT2D eigenvalue weighted by Gasteiger charge is 2.24. The van der Waals surface area contributed by atoms with Crippen molar-refractivity contribution in [2.75, 3.05) is 0 Å². The van der Waals surface area contributed by atoms with Crippen LogP contribution in [0.5, 0.6) is 0 Å². The molecule has 0 aliphatic heterocycles. The molecular formula is C31H23F7. The van der Waals surface area contributed by atoms with Crippen LogP contribution in [0.15, 0.2) is 48.5 Å². The van der Waals surface area contributed by atoms with Crippen LogP contribution in [0.25, 0.3) is 11.1 Å². The van der Waals surface area contributed by atoms with E-state index in [0.717, 1.165) is 55.6 Å². The summed E-state index contributed by atoms with van der Waals surface area (Å²) in [5.41, 5.74) is -0.133. The van der Waals surface area contributed by atoms with Crippen LogP contribution in [0, 0.1) is 52.9 Å². The summed E-state index contributed by atoms with van der Waals surface area (Å²) in [6, 6.07) is 10.1. The fourth-order valence-electron chi connectivity index (χ4n) is 4.74. The second kappa shape index (κ2) is 11.4. The highest BCUT2D eigenvalue weighted by molar-refractivity contribution is 5.67. The van der Waals surface area contributed by atoms with Crippen molar-refractivity contribution in [3.8, 4) is 34.8 Å². The monoisotopic (exact) mass is 528 g/mol. The normalized spacial score (nSPS) is 17.3. The Morgan fingerprint density at radius 2 is 1.42 bits per heavy atom. The first kappa shape index (κ1) is 27.3. The fourth-order valence-corrected chi connectivity index (χ4v) is 4.74. The molecule has 0 amide bonds. The average Bonchev–Trinajstić information content (AvgIpc) is 2.87. The van der Waals surface area contributed by atoms with Crippen LogP contribution >= 0.6 is 0 Å². The van der Waals surface area contributed by atoms with Gasteiger partial charge in [-0.3, -0.25) is 0 Å². The second-order valence-electron chi connectivity index (χ2n) is 9.37. The van der Waals surface area contributed by atoms with E-state index in [9.17, 15) is 30.7 Å². The molecule has 196 valence electrons. The summed E-state index contributed by atoms with van der Waals surface area (Å²) in [6.07, 6.45) is 0.595. The molecule has 7 heteroatoms. The van der Waals surface area contributed by atoms with Gasteiger partial charge in [-0.25, -0.2) is 17.6 Å². The molecule has 0 spiro atoms. The van der Waals surface area contributed by atoms with Crippen molar-refractivity contribution in [2.24, 2.45) is 5.92 Å². The molecule has 1 fully saturated rings. The molecule has 0 atom stereocenters. The molecule has 0 unspecified atom stereocenters. The topological polar surface area (TPSA) is 0 Å². The Balaban J connectivity index is 1.52. The minimum Gasteiger partial charge on any atom is -0.206 e. The SMILES string of the molecule is CCC1CCC(c2ccc(C#Cc3ccc(-c4cc(F)c(C#CC(F)(F)F)c(F)c4)c(F)c3)c(F)c2)CC1. The molecule has 38 heavy (non-hydrogen) atoms. The van der Waals surface area contributed by atoms with Crippen LogP contribution in [0.1, 0.15) is 67.2 Å². The number of halogens is 7. The zero-order valence-corrected chi connectivity index (χ0v) is 20.5. The third kappa shape index (κ3) is 6.58. The van der Waals surface area contributed by atoms with Crippen molar-refractivity contribution in [3.05, 3.63) is 94.1 Å². The number of benzene rings is 3. The van der Waals surface area contributed by atoms with Gasteiger partial charge in [0.1, 0.15) is 23.3 Å². The quantitative estimate of drug-likeness (QED) is 0.235. The molecule has 1 aliphatic rings. The molecule has 4 rings (SSSR count). The second-order valence-corrected chi connectivity index (χ2v) is 9.37. The van der Waals surface area contributed by atoms with E-state index in [-0.39, 0.29) is 22.3 Å². The zero-order chi connectivity index (χ0) is 27.4. The van der Waals surface area contributed by atoms with E-state index < -0.39 is 35.0 Å². The summed E-state index contributed by atoms with van der Waals surface area (Å²) < 4.78 is 94.7. The molecular weight excluding hydrogens is 505 g/mol. The van der Waals surface area contributed by atoms with Gasteiger partial charge in [-0.05, 0) is 85.0 Å². The van der Waals surface area contributed by atoms with Gasteiger partial charge in [0, 0.05) is 17.0 Å². The van der Waals surface area contributed by atoms with Gasteiger partial charge >= 0.3 is 6.18 Å². The van der Waals surface area contributed by atoms with Crippen molar-refractivity contribution >= 4 is 0 Å². The van der Waals surface area contributed by atoms with E-state index in [1.54, 1.807) is 6.07 Å². The number of rotatable bonds is 3. The van der Waals surface area contributed by atoms with Crippen molar-refractivity contribution in [1.82, 2.24) is 0 Å². The van der Waals surface area contributed by atoms with Gasteiger partial charge in [-0.15, -0.1) is 0 Å². The Hall–Kier alpha value is -3.71. The van der Waals surface area contributed by atoms with Gasteiger partial charge in [0.25, 0.3) is 0 Å². The lowest BCUT2D eigenvalue weighted by molar-refractivity contribution is -0.0696. The Kier molecular flexibility index (Phi) is 8.17. The van der Waals surface area contributed by atoms with Gasteiger partial charge < -0.3 is 0 Å². The van der Waals surface area contributed by atoms with Crippen LogP contribution in [0.3, 0.4) is 0 Å². The van der Waals surface area contributed by atoms with E-state index in [0.29, 0.717) is 18.1 Å². The van der Waals surface area contributed by atoms with Crippen LogP contribution in [-0.4, -0.2) is 6.18 Å². The predicted molar refractivity (Wildman–Crippen MR) is 132 cm³/mol. The molecule has 0 N–H and O–H groups in total. The number of alkyl halides is 3. The summed E-state index contributed by atoms with van der Waals surface area (Å²) in [5, 5.41) is 0. The lowest BCUT2D eigenvalue weighted by Crippen LogP contribution is -2.12. The first-order chi connectivity index (χ1) is 18.0. The van der Waals surface area contributed by atoms with Crippen molar-refractivity contribution in [3.63, 3.8) is 0 Å². The van der Waals surface area contributed by atoms with Gasteiger partial charge in [0.05, 0.1) is 11.1 Å². The van der Waals surface area contributed by atoms with Crippen molar-refractivity contribution < 1.29 is 30.7 Å². The molecule has 1 aliphatic carbocycles. The predicted octanol–water partition coefficient (Wildman–Crippen LogP) is 8.91. The summed E-state index contributed by atoms with van der Waals surface area (Å²) in [4.78, 5) is 0. The minimum absolute atomic E-state index is 0.167. The van der Waals surface area contributed by atoms with Crippen LogP contribution < -0.4 is 0 Å². The van der Waals surface area contributed by atoms with Crippen LogP contribution in [0.4, 0.5) is 30.7 Å². The maximum atomic E-state index is 14.8. The molecule has 3 aromatic rings. The Morgan fingerprint density at radius 3 is 2.00 bits per heavy atom. The molecule has 3 aromatic carbocycles. The first-order valence-electron chi connectivity index (χ1n) is 12.2. The highest BCUT2D eigenvalue weighted by Crippen LogP contribution is 2.37. The molecule has 0 bridgehead atoms. The Labute approximate surface area is 216 Å². The standard InChI is InChI=1S/C31H23F7/c1-2-19-3-7-21(8-4-19)23-11-10-22(27(32)16-23)9-5-20-6-12-25(28(33)15-20)24-17-29(34)26(30(35)18-24)13-14-31(36,37)38/h6,10-12,15-19,21H,2-4,7-8H2,1H3. The van der Waals surface area contributed by atoms with Crippen LogP contribution in [-0.2, 0) is 0 Å². The third-order valence-corrected chi connectivity index (χ3v) is 6.88. The molecule has 0 aromatic heterocycles. The highest BCUT2D eigenvalue weighted by atomic mass is 19.4. The average molecular weight is 529 g/mol. The largest absolute Gasteiger partial charge is 0.458 e. The fraction of sp³-hybridized carbons (Fsp3) is 0.290. The molecule has 0 saturated heterocycles. The van der Waals surface area contributed by atoms with E-state index in [2.05, 4.69) is 18.8 Å². The van der Waals surface area contributed by atoms with E-state index in [1.807, 2.05) is 6.07 Å². The molecule has 0 nitrogen and oxygen atoms in total. The smallest absolute Gasteiger partial charge is 0.206 e. The number of hydrogen-bond acceptors (Lipinski definition) is 0. The third-order valence-electron chi connectivity index (χ3n) is 6.88. The summed E-state index contributed by atoms with van der Waals surface area (Å²) in [6.45, 7) is 2.19. The maximum absolute atomic E-state index is 14.8. The first-order valence-corrected chi connectivity index (χ1v) is 12.2. The van der Waals surface area contributed by atoms with E-state index >= 15 is 0 Å². The Morgan fingerprint density at radius 1 is 0.737 bits per heavy atom. The summed E-state index contributed by atoms with van der Waals surface area (Å²) in [5.74, 6) is 4.67. The lowest BCUT2D eigenvalue weighted by atomic mass is 9.78. The molecule has 0 heterocycles. The summed E-state index contributed by atoms with van der Waals surface area (Å²) in [7, 11) is 0. The summed E-state index contributed by atoms with van der Waals surface area (Å²) >= 11 is 0. The van der Waals surface area contributed by atoms with Crippen LogP contribution in [0.2, 0.25) is 0 Å². The van der Waals surface area contributed by atoms with Gasteiger partial charge in [0.2, 0.25) is 0 Å². The lowest BCUT2D eigenvalue weighted by Gasteiger charge is -2.28. The number of hydrogen-bond donors (Lipinski definition) is 0. The van der Waals surface area contributed by atoms with Gasteiger partial charge in [-0.1, -0.05) is 43.2 Å². The molecule has 0 radical (unpaired) electrons. The van der Waals surface area contributed by atoms with Crippen molar-refractivity contribution in [2.45, 2.75) is 51.1 Å².